The van der Waals surface area contributed by atoms with Crippen LogP contribution >= 0.6 is 24.0 Å². The van der Waals surface area contributed by atoms with E-state index in [0.717, 1.165) is 25.1 Å². The Kier molecular flexibility index (Phi) is 11.5. The van der Waals surface area contributed by atoms with Gasteiger partial charge in [-0.2, -0.15) is 0 Å². The minimum absolute atomic E-state index is 0. The zero-order valence-corrected chi connectivity index (χ0v) is 15.1. The van der Waals surface area contributed by atoms with Gasteiger partial charge in [0.2, 0.25) is 11.8 Å². The molecule has 1 unspecified atom stereocenters. The zero-order valence-electron chi connectivity index (χ0n) is 13.5. The van der Waals surface area contributed by atoms with Crippen LogP contribution in [0, 0.1) is 0 Å². The number of hydrogen-bond acceptors (Lipinski definition) is 3. The number of rotatable bonds is 9. The molecule has 1 aromatic carbocycles. The van der Waals surface area contributed by atoms with Gasteiger partial charge in [0.1, 0.15) is 0 Å². The van der Waals surface area contributed by atoms with Gasteiger partial charge >= 0.3 is 0 Å². The second-order valence-corrected chi connectivity index (χ2v) is 5.55. The van der Waals surface area contributed by atoms with Crippen molar-refractivity contribution in [3.8, 4) is 0 Å². The highest BCUT2D eigenvalue weighted by molar-refractivity contribution is 6.30. The topological polar surface area (TPSA) is 70.2 Å². The Morgan fingerprint density at radius 3 is 2.35 bits per heavy atom. The van der Waals surface area contributed by atoms with Crippen LogP contribution in [0.5, 0.6) is 0 Å². The number of halogens is 2. The van der Waals surface area contributed by atoms with E-state index < -0.39 is 0 Å². The third-order valence-electron chi connectivity index (χ3n) is 3.09. The van der Waals surface area contributed by atoms with Gasteiger partial charge in [-0.05, 0) is 30.7 Å². The van der Waals surface area contributed by atoms with Crippen molar-refractivity contribution in [1.29, 1.82) is 0 Å². The Bertz CT molecular complexity index is 481. The molecule has 0 saturated carbocycles. The van der Waals surface area contributed by atoms with Crippen molar-refractivity contribution in [1.82, 2.24) is 16.0 Å². The Morgan fingerprint density at radius 1 is 1.13 bits per heavy atom. The summed E-state index contributed by atoms with van der Waals surface area (Å²) in [6, 6.07) is 6.78. The molecule has 5 nitrogen and oxygen atoms in total. The van der Waals surface area contributed by atoms with Crippen LogP contribution in [-0.2, 0) is 9.59 Å². The van der Waals surface area contributed by atoms with E-state index in [0.29, 0.717) is 11.6 Å². The van der Waals surface area contributed by atoms with E-state index in [1.807, 2.05) is 12.1 Å². The molecule has 0 bridgehead atoms. The first-order chi connectivity index (χ1) is 10.5. The van der Waals surface area contributed by atoms with E-state index in [1.54, 1.807) is 12.1 Å². The number of nitrogens with one attached hydrogen (secondary N) is 3. The van der Waals surface area contributed by atoms with Crippen LogP contribution in [0.1, 0.15) is 38.3 Å². The maximum Gasteiger partial charge on any atom is 0.222 e. The standard InChI is InChI=1S/C16H24ClN3O2.ClH/c1-3-8-18-9-10-19-16(22)11-15(20-12(2)21)13-4-6-14(17)7-5-13;/h4-7,15,18H,3,8-11H2,1-2H3,(H,19,22)(H,20,21);1H. The molecule has 0 saturated heterocycles. The molecular formula is C16H25Cl2N3O2. The van der Waals surface area contributed by atoms with Crippen LogP contribution < -0.4 is 16.0 Å². The average Bonchev–Trinajstić information content (AvgIpc) is 2.46. The molecular weight excluding hydrogens is 337 g/mol. The van der Waals surface area contributed by atoms with Crippen LogP contribution in [0.25, 0.3) is 0 Å². The lowest BCUT2D eigenvalue weighted by molar-refractivity contribution is -0.122. The minimum Gasteiger partial charge on any atom is -0.355 e. The molecule has 2 amide bonds. The van der Waals surface area contributed by atoms with Gasteiger partial charge in [0.15, 0.2) is 0 Å². The first-order valence-corrected chi connectivity index (χ1v) is 7.90. The van der Waals surface area contributed by atoms with Gasteiger partial charge in [0.05, 0.1) is 12.5 Å². The lowest BCUT2D eigenvalue weighted by Crippen LogP contribution is -2.35. The molecule has 0 heterocycles. The third-order valence-corrected chi connectivity index (χ3v) is 3.34. The highest BCUT2D eigenvalue weighted by Crippen LogP contribution is 2.19. The summed E-state index contributed by atoms with van der Waals surface area (Å²) in [6.07, 6.45) is 1.27. The van der Waals surface area contributed by atoms with Gasteiger partial charge in [0.25, 0.3) is 0 Å². The normalized spacial score (nSPS) is 11.3. The Morgan fingerprint density at radius 2 is 1.78 bits per heavy atom. The largest absolute Gasteiger partial charge is 0.355 e. The molecule has 1 aromatic rings. The third kappa shape index (κ3) is 9.43. The van der Waals surface area contributed by atoms with Crippen molar-refractivity contribution < 1.29 is 9.59 Å². The second kappa shape index (κ2) is 12.2. The van der Waals surface area contributed by atoms with E-state index >= 15 is 0 Å². The molecule has 7 heteroatoms. The quantitative estimate of drug-likeness (QED) is 0.591. The van der Waals surface area contributed by atoms with Gasteiger partial charge in [-0.1, -0.05) is 30.7 Å². The first-order valence-electron chi connectivity index (χ1n) is 7.53. The summed E-state index contributed by atoms with van der Waals surface area (Å²) in [6.45, 7) is 5.79. The SMILES string of the molecule is CCCNCCNC(=O)CC(NC(C)=O)c1ccc(Cl)cc1.Cl. The number of carbonyl (C=O) groups excluding carboxylic acids is 2. The summed E-state index contributed by atoms with van der Waals surface area (Å²) in [5, 5.41) is 9.48. The summed E-state index contributed by atoms with van der Waals surface area (Å²) >= 11 is 5.86. The van der Waals surface area contributed by atoms with Gasteiger partial charge in [-0.25, -0.2) is 0 Å². The van der Waals surface area contributed by atoms with Gasteiger partial charge in [0, 0.05) is 25.0 Å². The predicted molar refractivity (Wildman–Crippen MR) is 96.0 cm³/mol. The molecule has 0 aliphatic rings. The Balaban J connectivity index is 0.00000484. The van der Waals surface area contributed by atoms with Crippen molar-refractivity contribution in [2.75, 3.05) is 19.6 Å². The lowest BCUT2D eigenvalue weighted by Gasteiger charge is -2.18. The van der Waals surface area contributed by atoms with E-state index in [2.05, 4.69) is 22.9 Å². The molecule has 0 aromatic heterocycles. The Labute approximate surface area is 149 Å². The molecule has 0 aliphatic heterocycles. The average molecular weight is 362 g/mol. The van der Waals surface area contributed by atoms with Crippen molar-refractivity contribution in [2.45, 2.75) is 32.7 Å². The molecule has 23 heavy (non-hydrogen) atoms. The summed E-state index contributed by atoms with van der Waals surface area (Å²) in [5.41, 5.74) is 0.860. The number of amides is 2. The molecule has 0 spiro atoms. The summed E-state index contributed by atoms with van der Waals surface area (Å²) in [5.74, 6) is -0.260. The molecule has 0 radical (unpaired) electrons. The van der Waals surface area contributed by atoms with Crippen LogP contribution in [0.2, 0.25) is 5.02 Å². The van der Waals surface area contributed by atoms with Crippen molar-refractivity contribution in [2.24, 2.45) is 0 Å². The van der Waals surface area contributed by atoms with Crippen molar-refractivity contribution in [3.05, 3.63) is 34.9 Å². The zero-order chi connectivity index (χ0) is 16.4. The van der Waals surface area contributed by atoms with Crippen LogP contribution in [-0.4, -0.2) is 31.4 Å². The van der Waals surface area contributed by atoms with Crippen LogP contribution in [0.3, 0.4) is 0 Å². The summed E-state index contributed by atoms with van der Waals surface area (Å²) in [4.78, 5) is 23.3. The van der Waals surface area contributed by atoms with E-state index in [4.69, 9.17) is 11.6 Å². The maximum atomic E-state index is 12.0. The van der Waals surface area contributed by atoms with E-state index in [-0.39, 0.29) is 36.7 Å². The molecule has 1 atom stereocenters. The molecule has 0 fully saturated rings. The molecule has 130 valence electrons. The highest BCUT2D eigenvalue weighted by atomic mass is 35.5. The lowest BCUT2D eigenvalue weighted by atomic mass is 10.0. The maximum absolute atomic E-state index is 12.0. The highest BCUT2D eigenvalue weighted by Gasteiger charge is 2.16. The fourth-order valence-electron chi connectivity index (χ4n) is 2.04. The molecule has 1 rings (SSSR count). The monoisotopic (exact) mass is 361 g/mol. The fourth-order valence-corrected chi connectivity index (χ4v) is 2.17. The smallest absolute Gasteiger partial charge is 0.222 e. The van der Waals surface area contributed by atoms with Crippen LogP contribution in [0.15, 0.2) is 24.3 Å². The molecule has 3 N–H and O–H groups in total. The predicted octanol–water partition coefficient (Wildman–Crippen LogP) is 2.44. The number of benzene rings is 1. The van der Waals surface area contributed by atoms with Crippen molar-refractivity contribution in [3.63, 3.8) is 0 Å². The van der Waals surface area contributed by atoms with Crippen LogP contribution in [0.4, 0.5) is 0 Å². The minimum atomic E-state index is -0.349. The summed E-state index contributed by atoms with van der Waals surface area (Å²) in [7, 11) is 0. The van der Waals surface area contributed by atoms with Crippen molar-refractivity contribution >= 4 is 35.8 Å². The van der Waals surface area contributed by atoms with Gasteiger partial charge < -0.3 is 16.0 Å². The number of hydrogen-bond donors (Lipinski definition) is 3. The van der Waals surface area contributed by atoms with Gasteiger partial charge in [-0.15, -0.1) is 12.4 Å². The first kappa shape index (κ1) is 21.7. The second-order valence-electron chi connectivity index (χ2n) is 5.11. The number of carbonyl (C=O) groups is 2. The van der Waals surface area contributed by atoms with E-state index in [1.165, 1.54) is 6.92 Å². The summed E-state index contributed by atoms with van der Waals surface area (Å²) < 4.78 is 0. The molecule has 0 aliphatic carbocycles. The van der Waals surface area contributed by atoms with Gasteiger partial charge in [-0.3, -0.25) is 9.59 Å². The fraction of sp³-hybridized carbons (Fsp3) is 0.500. The van der Waals surface area contributed by atoms with E-state index in [9.17, 15) is 9.59 Å². The Hall–Kier alpha value is -1.30.